The van der Waals surface area contributed by atoms with Crippen molar-refractivity contribution in [2.75, 3.05) is 13.7 Å². The summed E-state index contributed by atoms with van der Waals surface area (Å²) in [6.07, 6.45) is -0.637. The number of methoxy groups -OCH3 is 1. The Bertz CT molecular complexity index is 397. The average Bonchev–Trinajstić information content (AvgIpc) is 2.29. The van der Waals surface area contributed by atoms with Crippen LogP contribution >= 0.6 is 15.9 Å². The van der Waals surface area contributed by atoms with E-state index < -0.39 is 12.1 Å². The molecule has 0 spiro atoms. The van der Waals surface area contributed by atoms with Crippen molar-refractivity contribution in [3.05, 3.63) is 33.8 Å². The van der Waals surface area contributed by atoms with Gasteiger partial charge in [-0.1, -0.05) is 22.0 Å². The number of aliphatic hydroxyl groups is 1. The van der Waals surface area contributed by atoms with Gasteiger partial charge in [0.1, 0.15) is 0 Å². The van der Waals surface area contributed by atoms with E-state index in [1.807, 2.05) is 0 Å². The lowest BCUT2D eigenvalue weighted by molar-refractivity contribution is 0.0682. The smallest absolute Gasteiger partial charge is 0.336 e. The van der Waals surface area contributed by atoms with Crippen molar-refractivity contribution < 1.29 is 21.1 Å². The summed E-state index contributed by atoms with van der Waals surface area (Å²) < 4.78 is 12.2. The molecule has 0 bridgehead atoms. The Morgan fingerprint density at radius 2 is 2.44 bits per heavy atom. The van der Waals surface area contributed by atoms with E-state index in [2.05, 4.69) is 15.9 Å². The number of hydrogen-bond donors (Lipinski definition) is 2. The lowest BCUT2D eigenvalue weighted by Crippen LogP contribution is -2.09. The van der Waals surface area contributed by atoms with Crippen molar-refractivity contribution in [3.8, 4) is 0 Å². The Kier molecular flexibility index (Phi) is 4.33. The van der Waals surface area contributed by atoms with Crippen LogP contribution in [0.4, 0.5) is 0 Å². The van der Waals surface area contributed by atoms with Gasteiger partial charge < -0.3 is 14.9 Å². The number of carboxylic acid groups (broad SMARTS) is 1. The molecule has 1 atom stereocenters. The first-order valence-corrected chi connectivity index (χ1v) is 5.43. The first-order chi connectivity index (χ1) is 8.06. The molecular weight excluding hydrogens is 276 g/mol. The minimum absolute atomic E-state index is 0.0674. The van der Waals surface area contributed by atoms with Crippen LogP contribution in [0.5, 0.6) is 0 Å². The Morgan fingerprint density at radius 1 is 1.69 bits per heavy atom. The largest absolute Gasteiger partial charge is 0.478 e. The van der Waals surface area contributed by atoms with E-state index in [-0.39, 0.29) is 25.7 Å². The first kappa shape index (κ1) is 11.6. The topological polar surface area (TPSA) is 66.8 Å². The summed E-state index contributed by atoms with van der Waals surface area (Å²) in [5.41, 5.74) is 0.423. The van der Waals surface area contributed by atoms with E-state index in [9.17, 15) is 9.90 Å². The summed E-state index contributed by atoms with van der Waals surface area (Å²) in [5.74, 6) is -1.08. The molecular formula is C11H13BrO4. The van der Waals surface area contributed by atoms with Gasteiger partial charge in [0.25, 0.3) is 0 Å². The van der Waals surface area contributed by atoms with Gasteiger partial charge in [0, 0.05) is 24.6 Å². The summed E-state index contributed by atoms with van der Waals surface area (Å²) >= 11 is 3.18. The Morgan fingerprint density at radius 3 is 3.06 bits per heavy atom. The number of rotatable bonds is 5. The van der Waals surface area contributed by atoms with Gasteiger partial charge in [-0.15, -0.1) is 0 Å². The second kappa shape index (κ2) is 5.98. The van der Waals surface area contributed by atoms with Gasteiger partial charge in [-0.3, -0.25) is 0 Å². The van der Waals surface area contributed by atoms with Gasteiger partial charge in [0.2, 0.25) is 0 Å². The Labute approximate surface area is 103 Å². The van der Waals surface area contributed by atoms with E-state index in [1.54, 1.807) is 12.1 Å². The van der Waals surface area contributed by atoms with Crippen LogP contribution in [0.15, 0.2) is 22.7 Å². The van der Waals surface area contributed by atoms with Crippen molar-refractivity contribution in [3.63, 3.8) is 0 Å². The van der Waals surface area contributed by atoms with Crippen molar-refractivity contribution in [1.82, 2.24) is 0 Å². The maximum atomic E-state index is 11.0. The molecule has 88 valence electrons. The number of carbonyl (C=O) groups is 1. The van der Waals surface area contributed by atoms with Gasteiger partial charge in [-0.25, -0.2) is 4.79 Å². The molecule has 0 aliphatic heterocycles. The van der Waals surface area contributed by atoms with Gasteiger partial charge in [-0.05, 0) is 17.7 Å². The number of carboxylic acids is 1. The Balaban J connectivity index is 2.84. The zero-order chi connectivity index (χ0) is 12.8. The highest BCUT2D eigenvalue weighted by atomic mass is 79.9. The number of ether oxygens (including phenoxy) is 1. The second-order valence-corrected chi connectivity index (χ2v) is 4.17. The van der Waals surface area contributed by atoms with Crippen LogP contribution in [0.3, 0.4) is 0 Å². The molecule has 4 nitrogen and oxygen atoms in total. The molecule has 0 aromatic heterocycles. The maximum Gasteiger partial charge on any atom is 0.336 e. The van der Waals surface area contributed by atoms with Crippen LogP contribution < -0.4 is 0 Å². The summed E-state index contributed by atoms with van der Waals surface area (Å²) in [6, 6.07) is 4.70. The molecule has 0 radical (unpaired) electrons. The Hall–Kier alpha value is -0.910. The lowest BCUT2D eigenvalue weighted by Gasteiger charge is -2.13. The summed E-state index contributed by atoms with van der Waals surface area (Å²) in [6.45, 7) is 0.222. The van der Waals surface area contributed by atoms with Crippen LogP contribution in [0.25, 0.3) is 0 Å². The minimum Gasteiger partial charge on any atom is -0.478 e. The third kappa shape index (κ3) is 3.30. The van der Waals surface area contributed by atoms with Crippen LogP contribution in [0.1, 0.15) is 29.8 Å². The van der Waals surface area contributed by atoms with Gasteiger partial charge in [-0.2, -0.15) is 0 Å². The zero-order valence-corrected chi connectivity index (χ0v) is 10.1. The third-order valence-electron chi connectivity index (χ3n) is 2.14. The van der Waals surface area contributed by atoms with Crippen molar-refractivity contribution >= 4 is 21.9 Å². The summed E-state index contributed by atoms with van der Waals surface area (Å²) in [7, 11) is -0.168. The molecule has 1 rings (SSSR count). The fourth-order valence-corrected chi connectivity index (χ4v) is 1.72. The molecule has 2 N–H and O–H groups in total. The third-order valence-corrected chi connectivity index (χ3v) is 2.63. The minimum atomic E-state index is -1.08. The van der Waals surface area contributed by atoms with E-state index in [0.29, 0.717) is 10.0 Å². The quantitative estimate of drug-likeness (QED) is 0.816. The molecule has 0 saturated heterocycles. The van der Waals surface area contributed by atoms with Gasteiger partial charge >= 0.3 is 5.97 Å². The van der Waals surface area contributed by atoms with E-state index >= 15 is 0 Å². The molecule has 0 saturated carbocycles. The molecule has 5 heteroatoms. The van der Waals surface area contributed by atoms with E-state index in [4.69, 9.17) is 11.2 Å². The van der Waals surface area contributed by atoms with Crippen molar-refractivity contribution in [2.24, 2.45) is 0 Å². The molecule has 0 aliphatic rings. The second-order valence-electron chi connectivity index (χ2n) is 3.25. The molecule has 16 heavy (non-hydrogen) atoms. The van der Waals surface area contributed by atoms with E-state index in [1.165, 1.54) is 6.07 Å². The normalized spacial score (nSPS) is 13.2. The molecule has 1 aromatic carbocycles. The maximum absolute atomic E-state index is 11.0. The SMILES string of the molecule is [2H]COCCC(O)c1ccc(Br)cc1C(=O)O. The molecule has 0 amide bonds. The predicted molar refractivity (Wildman–Crippen MR) is 62.6 cm³/mol. The molecule has 0 heterocycles. The zero-order valence-electron chi connectivity index (χ0n) is 9.52. The van der Waals surface area contributed by atoms with Gasteiger partial charge in [0.15, 0.2) is 0 Å². The van der Waals surface area contributed by atoms with Crippen molar-refractivity contribution in [2.45, 2.75) is 12.5 Å². The number of benzene rings is 1. The predicted octanol–water partition coefficient (Wildman–Crippen LogP) is 2.22. The standard InChI is InChI=1S/C11H13BrO4/c1-16-5-4-10(13)8-3-2-7(12)6-9(8)11(14)15/h2-3,6,10,13H,4-5H2,1H3,(H,14,15)/i1D. The van der Waals surface area contributed by atoms with Crippen molar-refractivity contribution in [1.29, 1.82) is 0 Å². The highest BCUT2D eigenvalue weighted by molar-refractivity contribution is 9.10. The fourth-order valence-electron chi connectivity index (χ4n) is 1.35. The number of aliphatic hydroxyl groups excluding tert-OH is 1. The van der Waals surface area contributed by atoms with Crippen LogP contribution in [-0.2, 0) is 4.74 Å². The average molecular weight is 290 g/mol. The van der Waals surface area contributed by atoms with Gasteiger partial charge in [0.05, 0.1) is 13.0 Å². The summed E-state index contributed by atoms with van der Waals surface area (Å²) in [4.78, 5) is 11.0. The number of halogens is 1. The van der Waals surface area contributed by atoms with Crippen LogP contribution in [-0.4, -0.2) is 29.9 Å². The molecule has 1 aromatic rings. The lowest BCUT2D eigenvalue weighted by atomic mass is 10.0. The summed E-state index contributed by atoms with van der Waals surface area (Å²) in [5, 5.41) is 18.9. The first-order valence-electron chi connectivity index (χ1n) is 5.34. The fraction of sp³-hybridized carbons (Fsp3) is 0.364. The molecule has 0 fully saturated rings. The number of aromatic carboxylic acids is 1. The number of hydrogen-bond acceptors (Lipinski definition) is 3. The molecule has 1 unspecified atom stereocenters. The van der Waals surface area contributed by atoms with E-state index in [0.717, 1.165) is 0 Å². The highest BCUT2D eigenvalue weighted by Crippen LogP contribution is 2.24. The highest BCUT2D eigenvalue weighted by Gasteiger charge is 2.16. The van der Waals surface area contributed by atoms with Crippen LogP contribution in [0.2, 0.25) is 0 Å². The molecule has 0 aliphatic carbocycles. The monoisotopic (exact) mass is 289 g/mol. The van der Waals surface area contributed by atoms with Crippen LogP contribution in [0, 0.1) is 0 Å².